The first-order valence-corrected chi connectivity index (χ1v) is 9.29. The van der Waals surface area contributed by atoms with Crippen molar-refractivity contribution >= 4 is 40.6 Å². The van der Waals surface area contributed by atoms with Crippen LogP contribution in [0.2, 0.25) is 0 Å². The maximum Gasteiger partial charge on any atom is 0.747 e. The second-order valence-corrected chi connectivity index (χ2v) is 6.41. The molecule has 4 aromatic carbocycles. The van der Waals surface area contributed by atoms with Crippen LogP contribution in [0.15, 0.2) is 54.6 Å². The molecule has 3 nitrogen and oxygen atoms in total. The van der Waals surface area contributed by atoms with Crippen LogP contribution in [0.25, 0.3) is 32.3 Å². The Labute approximate surface area is 142 Å². The van der Waals surface area contributed by atoms with Crippen molar-refractivity contribution in [3.05, 3.63) is 54.6 Å². The van der Waals surface area contributed by atoms with Gasteiger partial charge in [-0.25, -0.2) is 4.52 Å². The van der Waals surface area contributed by atoms with Crippen molar-refractivity contribution in [1.29, 1.82) is 0 Å². The van der Waals surface area contributed by atoms with Crippen LogP contribution in [0.4, 0.5) is 0 Å². The molecule has 0 bridgehead atoms. The molecular formula is C20H20O3P+. The number of benzene rings is 4. The van der Waals surface area contributed by atoms with Gasteiger partial charge in [-0.1, -0.05) is 69.2 Å². The number of unbranched alkanes of at least 4 members (excludes halogenated alkanes) is 1. The normalized spacial score (nSPS) is 11.5. The third-order valence-corrected chi connectivity index (χ3v) is 4.52. The highest BCUT2D eigenvalue weighted by Gasteiger charge is 2.19. The molecule has 1 atom stereocenters. The van der Waals surface area contributed by atoms with E-state index in [0.29, 0.717) is 5.75 Å². The molecule has 0 aromatic heterocycles. The van der Waals surface area contributed by atoms with Crippen LogP contribution in [0.3, 0.4) is 0 Å². The van der Waals surface area contributed by atoms with Gasteiger partial charge in [0.05, 0.1) is 0 Å². The monoisotopic (exact) mass is 339 g/mol. The summed E-state index contributed by atoms with van der Waals surface area (Å²) in [4.78, 5) is 8.99. The minimum absolute atomic E-state index is 0.444. The fraction of sp³-hybridized carbons (Fsp3) is 0.200. The van der Waals surface area contributed by atoms with Crippen LogP contribution in [-0.4, -0.2) is 4.89 Å². The largest absolute Gasteiger partial charge is 0.747 e. The summed E-state index contributed by atoms with van der Waals surface area (Å²) in [5.74, 6) is 0.444. The van der Waals surface area contributed by atoms with Crippen molar-refractivity contribution in [2.75, 3.05) is 0 Å². The zero-order chi connectivity index (χ0) is 17.1. The zero-order valence-corrected chi connectivity index (χ0v) is 14.7. The average Bonchev–Trinajstić information content (AvgIpc) is 2.61. The molecule has 0 amide bonds. The Hall–Kier alpha value is -2.22. The zero-order valence-electron chi connectivity index (χ0n) is 13.8. The van der Waals surface area contributed by atoms with Crippen molar-refractivity contribution in [2.45, 2.75) is 26.7 Å². The van der Waals surface area contributed by atoms with E-state index in [2.05, 4.69) is 38.1 Å². The Morgan fingerprint density at radius 2 is 1.38 bits per heavy atom. The molecule has 0 saturated heterocycles. The maximum atomic E-state index is 11.0. The van der Waals surface area contributed by atoms with E-state index in [1.54, 1.807) is 6.07 Å². The lowest BCUT2D eigenvalue weighted by Gasteiger charge is -2.10. The summed E-state index contributed by atoms with van der Waals surface area (Å²) >= 11 is 0. The lowest BCUT2D eigenvalue weighted by Crippen LogP contribution is -1.87. The van der Waals surface area contributed by atoms with Crippen molar-refractivity contribution < 1.29 is 14.0 Å². The smallest absolute Gasteiger partial charge is 0.229 e. The second-order valence-electron chi connectivity index (χ2n) is 5.75. The van der Waals surface area contributed by atoms with E-state index in [1.807, 2.05) is 24.3 Å². The fourth-order valence-electron chi connectivity index (χ4n) is 2.87. The molecule has 24 heavy (non-hydrogen) atoms. The van der Waals surface area contributed by atoms with E-state index in [4.69, 9.17) is 9.42 Å². The minimum atomic E-state index is -2.66. The Morgan fingerprint density at radius 3 is 1.96 bits per heavy atom. The quantitative estimate of drug-likeness (QED) is 0.346. The van der Waals surface area contributed by atoms with E-state index < -0.39 is 8.25 Å². The Kier molecular flexibility index (Phi) is 4.94. The fourth-order valence-corrected chi connectivity index (χ4v) is 3.20. The number of hydrogen-bond acceptors (Lipinski definition) is 2. The summed E-state index contributed by atoms with van der Waals surface area (Å²) in [6, 6.07) is 17.9. The lowest BCUT2D eigenvalue weighted by atomic mass is 9.94. The van der Waals surface area contributed by atoms with E-state index in [1.165, 1.54) is 18.2 Å². The number of rotatable bonds is 3. The summed E-state index contributed by atoms with van der Waals surface area (Å²) < 4.78 is 16.0. The lowest BCUT2D eigenvalue weighted by molar-refractivity contribution is 0.412. The van der Waals surface area contributed by atoms with Gasteiger partial charge in [0.1, 0.15) is 0 Å². The molecule has 0 aliphatic rings. The van der Waals surface area contributed by atoms with E-state index in [-0.39, 0.29) is 0 Å². The first kappa shape index (κ1) is 16.6. The average molecular weight is 339 g/mol. The van der Waals surface area contributed by atoms with E-state index >= 15 is 0 Å². The topological polar surface area (TPSA) is 46.5 Å². The standard InChI is InChI=1S/C16H9O3P.C4H10/c17-20(18)19-14-9-7-12-5-4-10-2-1-3-11-6-8-13(14)16(12)15(10)11;1-3-4-2/h1-9H;3-4H2,1-2H3/p+1. The van der Waals surface area contributed by atoms with Crippen molar-refractivity contribution in [1.82, 2.24) is 0 Å². The summed E-state index contributed by atoms with van der Waals surface area (Å²) in [5.41, 5.74) is 0. The van der Waals surface area contributed by atoms with Gasteiger partial charge in [-0.05, 0) is 33.7 Å². The van der Waals surface area contributed by atoms with E-state index in [9.17, 15) is 4.57 Å². The third-order valence-electron chi connectivity index (χ3n) is 4.17. The van der Waals surface area contributed by atoms with Gasteiger partial charge in [-0.15, -0.1) is 4.89 Å². The third kappa shape index (κ3) is 3.06. The molecule has 0 saturated carbocycles. The van der Waals surface area contributed by atoms with Gasteiger partial charge in [0.25, 0.3) is 0 Å². The first-order valence-electron chi connectivity index (χ1n) is 8.16. The molecule has 4 aromatic rings. The molecule has 1 unspecified atom stereocenters. The van der Waals surface area contributed by atoms with Crippen LogP contribution in [0.5, 0.6) is 5.75 Å². The summed E-state index contributed by atoms with van der Waals surface area (Å²) in [5, 5.41) is 6.53. The van der Waals surface area contributed by atoms with Gasteiger partial charge in [0.15, 0.2) is 5.75 Å². The Morgan fingerprint density at radius 1 is 0.833 bits per heavy atom. The van der Waals surface area contributed by atoms with Crippen LogP contribution in [-0.2, 0) is 4.57 Å². The molecule has 0 radical (unpaired) electrons. The molecule has 0 aliphatic heterocycles. The van der Waals surface area contributed by atoms with Crippen molar-refractivity contribution in [3.63, 3.8) is 0 Å². The maximum absolute atomic E-state index is 11.0. The van der Waals surface area contributed by atoms with Gasteiger partial charge < -0.3 is 0 Å². The molecule has 0 fully saturated rings. The van der Waals surface area contributed by atoms with Crippen molar-refractivity contribution in [2.24, 2.45) is 0 Å². The molecule has 4 rings (SSSR count). The summed E-state index contributed by atoms with van der Waals surface area (Å²) in [6.45, 7) is 4.36. The minimum Gasteiger partial charge on any atom is -0.229 e. The predicted octanol–water partition coefficient (Wildman–Crippen LogP) is 6.42. The van der Waals surface area contributed by atoms with Gasteiger partial charge in [0.2, 0.25) is 0 Å². The highest BCUT2D eigenvalue weighted by atomic mass is 31.1. The van der Waals surface area contributed by atoms with Crippen LogP contribution in [0.1, 0.15) is 26.7 Å². The predicted molar refractivity (Wildman–Crippen MR) is 101 cm³/mol. The Bertz CT molecular complexity index is 976. The van der Waals surface area contributed by atoms with Gasteiger partial charge in [-0.3, -0.25) is 0 Å². The summed E-state index contributed by atoms with van der Waals surface area (Å²) in [6.07, 6.45) is 2.64. The molecular weight excluding hydrogens is 319 g/mol. The van der Waals surface area contributed by atoms with Gasteiger partial charge in [-0.2, -0.15) is 0 Å². The van der Waals surface area contributed by atoms with Crippen LogP contribution in [0, 0.1) is 0 Å². The number of hydrogen-bond donors (Lipinski definition) is 1. The molecule has 1 N–H and O–H groups in total. The van der Waals surface area contributed by atoms with Gasteiger partial charge >= 0.3 is 8.25 Å². The summed E-state index contributed by atoms with van der Waals surface area (Å²) in [7, 11) is -2.66. The highest BCUT2D eigenvalue weighted by Crippen LogP contribution is 2.40. The SMILES string of the molecule is CCCC.O=[P+](O)Oc1ccc2ccc3cccc4ccc1c2c34. The molecule has 0 heterocycles. The van der Waals surface area contributed by atoms with Crippen LogP contribution < -0.4 is 4.52 Å². The van der Waals surface area contributed by atoms with Gasteiger partial charge in [0, 0.05) is 15.3 Å². The van der Waals surface area contributed by atoms with Crippen molar-refractivity contribution in [3.8, 4) is 5.75 Å². The Balaban J connectivity index is 0.000000383. The van der Waals surface area contributed by atoms with E-state index in [0.717, 1.165) is 26.9 Å². The molecule has 4 heteroatoms. The molecule has 122 valence electrons. The molecule has 0 aliphatic carbocycles. The second kappa shape index (κ2) is 7.12. The molecule has 0 spiro atoms. The van der Waals surface area contributed by atoms with Crippen LogP contribution >= 0.6 is 8.25 Å². The first-order chi connectivity index (χ1) is 11.7. The highest BCUT2D eigenvalue weighted by molar-refractivity contribution is 7.32.